The summed E-state index contributed by atoms with van der Waals surface area (Å²) in [5.41, 5.74) is 2.67. The van der Waals surface area contributed by atoms with Gasteiger partial charge in [-0.05, 0) is 72.6 Å². The topological polar surface area (TPSA) is 43.4 Å². The average molecular weight is 326 g/mol. The molecule has 3 heteroatoms. The number of carbonyl (C=O) groups excluding carboxylic acids is 2. The van der Waals surface area contributed by atoms with Crippen molar-refractivity contribution in [3.63, 3.8) is 0 Å². The molecule has 3 aliphatic carbocycles. The van der Waals surface area contributed by atoms with Gasteiger partial charge < -0.3 is 9.53 Å². The number of carbonyl (C=O) groups is 2. The van der Waals surface area contributed by atoms with Crippen molar-refractivity contribution >= 4 is 12.1 Å². The van der Waals surface area contributed by atoms with E-state index in [2.05, 4.69) is 25.1 Å². The van der Waals surface area contributed by atoms with E-state index in [4.69, 9.17) is 4.74 Å². The van der Waals surface area contributed by atoms with E-state index in [9.17, 15) is 9.59 Å². The number of rotatable bonds is 3. The molecule has 0 N–H and O–H groups in total. The van der Waals surface area contributed by atoms with Gasteiger partial charge in [0.1, 0.15) is 17.8 Å². The molecule has 0 radical (unpaired) electrons. The van der Waals surface area contributed by atoms with Crippen LogP contribution in [0.2, 0.25) is 0 Å². The highest BCUT2D eigenvalue weighted by atomic mass is 16.5. The molecule has 0 amide bonds. The van der Waals surface area contributed by atoms with Gasteiger partial charge in [0.05, 0.1) is 7.11 Å². The second kappa shape index (κ2) is 5.72. The van der Waals surface area contributed by atoms with Crippen LogP contribution in [-0.2, 0) is 16.0 Å². The van der Waals surface area contributed by atoms with Crippen LogP contribution in [0.25, 0.3) is 0 Å². The second-order valence-corrected chi connectivity index (χ2v) is 8.15. The predicted octanol–water partition coefficient (Wildman–Crippen LogP) is 3.94. The van der Waals surface area contributed by atoms with Gasteiger partial charge >= 0.3 is 0 Å². The summed E-state index contributed by atoms with van der Waals surface area (Å²) in [4.78, 5) is 23.8. The van der Waals surface area contributed by atoms with Gasteiger partial charge in [0, 0.05) is 18.3 Å². The summed E-state index contributed by atoms with van der Waals surface area (Å²) in [6.07, 6.45) is 6.43. The van der Waals surface area contributed by atoms with Crippen LogP contribution in [0.5, 0.6) is 5.75 Å². The van der Waals surface area contributed by atoms with Crippen LogP contribution in [0, 0.1) is 23.2 Å². The van der Waals surface area contributed by atoms with E-state index < -0.39 is 0 Å². The monoisotopic (exact) mass is 326 g/mol. The first-order valence-corrected chi connectivity index (χ1v) is 9.22. The number of benzene rings is 1. The first kappa shape index (κ1) is 15.9. The van der Waals surface area contributed by atoms with Crippen molar-refractivity contribution in [1.29, 1.82) is 0 Å². The Balaban J connectivity index is 1.71. The average Bonchev–Trinajstić information content (AvgIpc) is 2.85. The summed E-state index contributed by atoms with van der Waals surface area (Å²) in [6.45, 7) is 2.17. The van der Waals surface area contributed by atoms with Crippen LogP contribution in [0.1, 0.15) is 56.1 Å². The van der Waals surface area contributed by atoms with Crippen molar-refractivity contribution in [2.24, 2.45) is 23.2 Å². The largest absolute Gasteiger partial charge is 0.497 e. The maximum Gasteiger partial charge on any atom is 0.139 e. The first-order chi connectivity index (χ1) is 11.6. The fourth-order valence-electron chi connectivity index (χ4n) is 6.08. The van der Waals surface area contributed by atoms with E-state index in [1.807, 2.05) is 0 Å². The fraction of sp³-hybridized carbons (Fsp3) is 0.619. The summed E-state index contributed by atoms with van der Waals surface area (Å²) in [5, 5.41) is 0. The lowest BCUT2D eigenvalue weighted by Gasteiger charge is -2.49. The Kier molecular flexibility index (Phi) is 3.78. The smallest absolute Gasteiger partial charge is 0.139 e. The van der Waals surface area contributed by atoms with Crippen LogP contribution < -0.4 is 4.74 Å². The lowest BCUT2D eigenvalue weighted by atomic mass is 9.54. The zero-order valence-electron chi connectivity index (χ0n) is 14.6. The molecule has 0 aromatic heterocycles. The number of aldehydes is 1. The second-order valence-electron chi connectivity index (χ2n) is 8.15. The Morgan fingerprint density at radius 3 is 2.92 bits per heavy atom. The number of ether oxygens (including phenoxy) is 1. The molecule has 2 saturated carbocycles. The van der Waals surface area contributed by atoms with Gasteiger partial charge in [-0.15, -0.1) is 0 Å². The maximum atomic E-state index is 12.7. The van der Waals surface area contributed by atoms with Crippen LogP contribution in [-0.4, -0.2) is 19.2 Å². The third-order valence-electron chi connectivity index (χ3n) is 7.18. The zero-order valence-corrected chi connectivity index (χ0v) is 14.6. The van der Waals surface area contributed by atoms with Crippen LogP contribution in [0.3, 0.4) is 0 Å². The molecule has 24 heavy (non-hydrogen) atoms. The molecule has 3 nitrogen and oxygen atoms in total. The van der Waals surface area contributed by atoms with E-state index in [1.165, 1.54) is 11.1 Å². The van der Waals surface area contributed by atoms with E-state index in [-0.39, 0.29) is 11.3 Å². The summed E-state index contributed by atoms with van der Waals surface area (Å²) in [7, 11) is 1.72. The molecule has 0 aliphatic heterocycles. The third kappa shape index (κ3) is 2.17. The molecular formula is C21H26O3. The standard InChI is InChI=1S/C21H26O3/c1-21-9-7-17-16-6-4-15(24-2)11-13(16)3-5-18(17)20(21)14(8-10-22)12-19(21)23/h4,6,10-11,14,17-18,20H,3,5,7-9,12H2,1-2H3/t14-,17?,18?,20?,21+/m0/s1. The minimum atomic E-state index is -0.196. The van der Waals surface area contributed by atoms with E-state index in [0.29, 0.717) is 36.4 Å². The lowest BCUT2D eigenvalue weighted by Crippen LogP contribution is -2.44. The molecule has 0 bridgehead atoms. The van der Waals surface area contributed by atoms with Crippen molar-refractivity contribution in [3.05, 3.63) is 29.3 Å². The third-order valence-corrected chi connectivity index (χ3v) is 7.18. The number of hydrogen-bond acceptors (Lipinski definition) is 3. The maximum absolute atomic E-state index is 12.7. The minimum Gasteiger partial charge on any atom is -0.497 e. The Morgan fingerprint density at radius 2 is 2.17 bits per heavy atom. The van der Waals surface area contributed by atoms with Gasteiger partial charge in [0.2, 0.25) is 0 Å². The minimum absolute atomic E-state index is 0.196. The summed E-state index contributed by atoms with van der Waals surface area (Å²) < 4.78 is 5.38. The van der Waals surface area contributed by atoms with Crippen LogP contribution in [0.4, 0.5) is 0 Å². The molecule has 1 aromatic carbocycles. The van der Waals surface area contributed by atoms with Gasteiger partial charge in [-0.3, -0.25) is 4.79 Å². The number of aryl methyl sites for hydroxylation is 1. The molecule has 3 aliphatic rings. The Labute approximate surface area is 143 Å². The lowest BCUT2D eigenvalue weighted by molar-refractivity contribution is -0.129. The van der Waals surface area contributed by atoms with Crippen LogP contribution in [0.15, 0.2) is 18.2 Å². The number of fused-ring (bicyclic) bond motifs is 5. The number of methoxy groups -OCH3 is 1. The van der Waals surface area contributed by atoms with Crippen molar-refractivity contribution in [2.75, 3.05) is 7.11 Å². The predicted molar refractivity (Wildman–Crippen MR) is 92.2 cm³/mol. The van der Waals surface area contributed by atoms with Crippen molar-refractivity contribution < 1.29 is 14.3 Å². The zero-order chi connectivity index (χ0) is 16.9. The molecule has 0 spiro atoms. The SMILES string of the molecule is COc1ccc2c(c1)CCC1C2CC[C@]2(C)C(=O)C[C@H](CC=O)C12. The number of Topliss-reactive ketones (excluding diaryl/α,β-unsaturated/α-hetero) is 1. The molecule has 3 unspecified atom stereocenters. The molecule has 4 rings (SSSR count). The Hall–Kier alpha value is -1.64. The quantitative estimate of drug-likeness (QED) is 0.790. The highest BCUT2D eigenvalue weighted by Crippen LogP contribution is 2.61. The van der Waals surface area contributed by atoms with E-state index in [1.54, 1.807) is 7.11 Å². The van der Waals surface area contributed by atoms with Gasteiger partial charge in [-0.2, -0.15) is 0 Å². The number of hydrogen-bond donors (Lipinski definition) is 0. The van der Waals surface area contributed by atoms with Gasteiger partial charge in [0.15, 0.2) is 0 Å². The Morgan fingerprint density at radius 1 is 1.33 bits per heavy atom. The van der Waals surface area contributed by atoms with Crippen molar-refractivity contribution in [1.82, 2.24) is 0 Å². The molecule has 0 heterocycles. The van der Waals surface area contributed by atoms with E-state index in [0.717, 1.165) is 37.7 Å². The first-order valence-electron chi connectivity index (χ1n) is 9.22. The molecule has 0 saturated heterocycles. The van der Waals surface area contributed by atoms with Crippen molar-refractivity contribution in [3.8, 4) is 5.75 Å². The van der Waals surface area contributed by atoms with Gasteiger partial charge in [-0.25, -0.2) is 0 Å². The highest BCUT2D eigenvalue weighted by Gasteiger charge is 2.58. The molecular weight excluding hydrogens is 300 g/mol. The summed E-state index contributed by atoms with van der Waals surface area (Å²) in [6, 6.07) is 6.49. The molecule has 5 atom stereocenters. The Bertz CT molecular complexity index is 680. The normalized spacial score (nSPS) is 37.3. The van der Waals surface area contributed by atoms with Gasteiger partial charge in [0.25, 0.3) is 0 Å². The van der Waals surface area contributed by atoms with Crippen LogP contribution >= 0.6 is 0 Å². The fourth-order valence-corrected chi connectivity index (χ4v) is 6.08. The number of ketones is 1. The molecule has 2 fully saturated rings. The summed E-state index contributed by atoms with van der Waals surface area (Å²) in [5.74, 6) is 3.05. The molecule has 128 valence electrons. The van der Waals surface area contributed by atoms with Gasteiger partial charge in [-0.1, -0.05) is 13.0 Å². The summed E-state index contributed by atoms with van der Waals surface area (Å²) >= 11 is 0. The highest BCUT2D eigenvalue weighted by molar-refractivity contribution is 5.88. The molecule has 1 aromatic rings. The van der Waals surface area contributed by atoms with E-state index >= 15 is 0 Å². The van der Waals surface area contributed by atoms with Crippen molar-refractivity contribution in [2.45, 2.75) is 51.4 Å².